The zero-order valence-electron chi connectivity index (χ0n) is 10.7. The van der Waals surface area contributed by atoms with E-state index in [1.54, 1.807) is 0 Å². The van der Waals surface area contributed by atoms with Gasteiger partial charge < -0.3 is 4.42 Å². The predicted octanol–water partition coefficient (Wildman–Crippen LogP) is 4.29. The van der Waals surface area contributed by atoms with E-state index in [9.17, 15) is 5.11 Å². The number of rotatable bonds is 0. The second-order valence-corrected chi connectivity index (χ2v) is 4.76. The molecule has 1 radical (unpaired) electrons. The summed E-state index contributed by atoms with van der Waals surface area (Å²) in [5.74, 6) is 1.88. The van der Waals surface area contributed by atoms with E-state index in [0.717, 1.165) is 41.9 Å². The van der Waals surface area contributed by atoms with Crippen molar-refractivity contribution in [2.45, 2.75) is 25.7 Å². The molecule has 0 N–H and O–H groups in total. The minimum atomic E-state index is 0.0276. The molecule has 0 aliphatic carbocycles. The Labute approximate surface area is 112 Å². The van der Waals surface area contributed by atoms with Gasteiger partial charge in [0.25, 0.3) is 0 Å². The van der Waals surface area contributed by atoms with E-state index in [1.165, 1.54) is 0 Å². The first-order chi connectivity index (χ1) is 9.33. The van der Waals surface area contributed by atoms with Gasteiger partial charge in [-0.3, -0.25) is 5.11 Å². The fourth-order valence-corrected chi connectivity index (χ4v) is 2.36. The van der Waals surface area contributed by atoms with Gasteiger partial charge >= 0.3 is 0 Å². The Morgan fingerprint density at radius 1 is 1.11 bits per heavy atom. The number of benzene rings is 1. The van der Waals surface area contributed by atoms with Crippen LogP contribution in [0.15, 0.2) is 58.4 Å². The van der Waals surface area contributed by atoms with Crippen LogP contribution in [0, 0.1) is 0 Å². The van der Waals surface area contributed by atoms with Gasteiger partial charge in [0.1, 0.15) is 11.5 Å². The average Bonchev–Trinajstić information content (AvgIpc) is 2.86. The Morgan fingerprint density at radius 2 is 2.00 bits per heavy atom. The molecule has 0 spiro atoms. The van der Waals surface area contributed by atoms with Crippen LogP contribution in [0.5, 0.6) is 0 Å². The topological polar surface area (TPSA) is 33.0 Å². The molecule has 0 saturated carbocycles. The van der Waals surface area contributed by atoms with Crippen LogP contribution < -0.4 is 0 Å². The highest BCUT2D eigenvalue weighted by Crippen LogP contribution is 2.28. The first-order valence-corrected chi connectivity index (χ1v) is 6.61. The largest absolute Gasteiger partial charge is 0.461 e. The van der Waals surface area contributed by atoms with Crippen molar-refractivity contribution in [2.75, 3.05) is 0 Å². The summed E-state index contributed by atoms with van der Waals surface area (Å²) >= 11 is 0. The van der Waals surface area contributed by atoms with E-state index < -0.39 is 0 Å². The van der Waals surface area contributed by atoms with Gasteiger partial charge in [-0.2, -0.15) is 0 Å². The summed E-state index contributed by atoms with van der Waals surface area (Å²) in [5, 5.41) is 11.9. The summed E-state index contributed by atoms with van der Waals surface area (Å²) in [7, 11) is 0. The normalized spacial score (nSPS) is 15.1. The zero-order chi connectivity index (χ0) is 13.1. The number of hydrogen-bond donors (Lipinski definition) is 0. The molecule has 0 fully saturated rings. The van der Waals surface area contributed by atoms with Crippen molar-refractivity contribution in [3.8, 4) is 11.3 Å². The molecule has 1 aromatic carbocycles. The lowest BCUT2D eigenvalue weighted by Crippen LogP contribution is -1.91. The second-order valence-electron chi connectivity index (χ2n) is 4.76. The summed E-state index contributed by atoms with van der Waals surface area (Å²) in [4.78, 5) is 0. The summed E-state index contributed by atoms with van der Waals surface area (Å²) in [6.45, 7) is 0. The van der Waals surface area contributed by atoms with Gasteiger partial charge in [0.2, 0.25) is 5.76 Å². The third-order valence-electron chi connectivity index (χ3n) is 3.33. The quantitative estimate of drug-likeness (QED) is 0.643. The molecule has 1 aliphatic heterocycles. The Hall–Kier alpha value is -2.18. The zero-order valence-corrected chi connectivity index (χ0v) is 10.7. The summed E-state index contributed by atoms with van der Waals surface area (Å²) in [6, 6.07) is 11.9. The number of allylic oxidation sites excluding steroid dienone is 1. The third-order valence-corrected chi connectivity index (χ3v) is 3.33. The predicted molar refractivity (Wildman–Crippen MR) is 73.1 cm³/mol. The Kier molecular flexibility index (Phi) is 3.26. The molecule has 0 atom stereocenters. The van der Waals surface area contributed by atoms with Gasteiger partial charge in [0, 0.05) is 18.4 Å². The lowest BCUT2D eigenvalue weighted by atomic mass is 10.0. The van der Waals surface area contributed by atoms with Gasteiger partial charge in [-0.1, -0.05) is 30.0 Å². The first kappa shape index (κ1) is 11.9. The van der Waals surface area contributed by atoms with Crippen LogP contribution in [-0.4, -0.2) is 0 Å². The van der Waals surface area contributed by atoms with E-state index >= 15 is 0 Å². The van der Waals surface area contributed by atoms with Crippen molar-refractivity contribution in [3.63, 3.8) is 0 Å². The Bertz CT molecular complexity index is 643. The van der Waals surface area contributed by atoms with E-state index in [1.807, 2.05) is 42.5 Å². The van der Waals surface area contributed by atoms with Gasteiger partial charge in [0.15, 0.2) is 0 Å². The average molecular weight is 251 g/mol. The maximum absolute atomic E-state index is 11.9. The fourth-order valence-electron chi connectivity index (χ4n) is 2.36. The molecule has 3 rings (SSSR count). The number of fused-ring (bicyclic) bond motifs is 4. The van der Waals surface area contributed by atoms with Crippen molar-refractivity contribution >= 4 is 0 Å². The Balaban J connectivity index is 2.10. The highest BCUT2D eigenvalue weighted by atomic mass is 16.3. The van der Waals surface area contributed by atoms with Crippen molar-refractivity contribution in [1.29, 1.82) is 0 Å². The molecule has 2 aromatic rings. The second kappa shape index (κ2) is 5.21. The maximum atomic E-state index is 11.9. The molecular formula is C17H15O2. The molecule has 0 unspecified atom stereocenters. The van der Waals surface area contributed by atoms with Crippen LogP contribution >= 0.6 is 0 Å². The van der Waals surface area contributed by atoms with Crippen LogP contribution in [0.1, 0.15) is 24.2 Å². The molecule has 1 aromatic heterocycles. The minimum absolute atomic E-state index is 0.0276. The van der Waals surface area contributed by atoms with Gasteiger partial charge in [-0.15, -0.1) is 0 Å². The highest BCUT2D eigenvalue weighted by molar-refractivity contribution is 5.62. The first-order valence-electron chi connectivity index (χ1n) is 6.61. The number of furan rings is 1. The fraction of sp³-hybridized carbons (Fsp3) is 0.235. The standard InChI is InChI=1S/C17H15O2/c18-14-7-2-1-3-8-15-10-11-17(19-15)16-9-5-4-6-13(16)12-14/h2,4-6,9-11H,1,3,8,12H2. The third kappa shape index (κ3) is 2.64. The van der Waals surface area contributed by atoms with Crippen molar-refractivity contribution < 1.29 is 9.52 Å². The number of hydrogen-bond acceptors (Lipinski definition) is 1. The molecule has 2 heteroatoms. The van der Waals surface area contributed by atoms with Crippen LogP contribution in [0.3, 0.4) is 0 Å². The molecule has 0 saturated heterocycles. The minimum Gasteiger partial charge on any atom is -0.461 e. The molecule has 2 bridgehead atoms. The van der Waals surface area contributed by atoms with E-state index in [-0.39, 0.29) is 5.76 Å². The molecule has 1 aliphatic rings. The smallest absolute Gasteiger partial charge is 0.201 e. The molecule has 2 heterocycles. The molecule has 95 valence electrons. The van der Waals surface area contributed by atoms with Crippen LogP contribution in [-0.2, 0) is 17.9 Å². The molecule has 19 heavy (non-hydrogen) atoms. The van der Waals surface area contributed by atoms with Gasteiger partial charge in [0.05, 0.1) is 0 Å². The van der Waals surface area contributed by atoms with E-state index in [2.05, 4.69) is 5.73 Å². The van der Waals surface area contributed by atoms with Crippen LogP contribution in [0.2, 0.25) is 0 Å². The van der Waals surface area contributed by atoms with Crippen molar-refractivity contribution in [1.82, 2.24) is 0 Å². The lowest BCUT2D eigenvalue weighted by Gasteiger charge is -2.05. The SMILES string of the molecule is [O]C1=C=CCCCc2ccc(o2)-c2ccccc2C1. The van der Waals surface area contributed by atoms with E-state index in [0.29, 0.717) is 6.42 Å². The van der Waals surface area contributed by atoms with Crippen LogP contribution in [0.4, 0.5) is 0 Å². The van der Waals surface area contributed by atoms with Crippen molar-refractivity contribution in [2.24, 2.45) is 0 Å². The lowest BCUT2D eigenvalue weighted by molar-refractivity contribution is 0.289. The van der Waals surface area contributed by atoms with Crippen molar-refractivity contribution in [3.05, 3.63) is 65.3 Å². The van der Waals surface area contributed by atoms with Gasteiger partial charge in [-0.05, 0) is 36.6 Å². The summed E-state index contributed by atoms with van der Waals surface area (Å²) in [6.07, 6.45) is 4.96. The summed E-state index contributed by atoms with van der Waals surface area (Å²) in [5.41, 5.74) is 4.85. The molecule has 0 amide bonds. The Morgan fingerprint density at radius 3 is 2.95 bits per heavy atom. The van der Waals surface area contributed by atoms with E-state index in [4.69, 9.17) is 4.42 Å². The monoisotopic (exact) mass is 251 g/mol. The van der Waals surface area contributed by atoms with Gasteiger partial charge in [-0.25, -0.2) is 0 Å². The molecular weight excluding hydrogens is 236 g/mol. The maximum Gasteiger partial charge on any atom is 0.201 e. The number of aryl methyl sites for hydroxylation is 1. The summed E-state index contributed by atoms with van der Waals surface area (Å²) < 4.78 is 5.87. The van der Waals surface area contributed by atoms with Crippen LogP contribution in [0.25, 0.3) is 11.3 Å². The highest BCUT2D eigenvalue weighted by Gasteiger charge is 2.11. The molecule has 2 nitrogen and oxygen atoms in total.